The van der Waals surface area contributed by atoms with Gasteiger partial charge in [0.15, 0.2) is 0 Å². The summed E-state index contributed by atoms with van der Waals surface area (Å²) in [6.07, 6.45) is 5.21. The fourth-order valence-electron chi connectivity index (χ4n) is 1.07. The number of carbonyl (C=O) groups is 1. The lowest BCUT2D eigenvalue weighted by atomic mass is 10.2. The molecule has 0 spiro atoms. The van der Waals surface area contributed by atoms with E-state index in [0.717, 1.165) is 0 Å². The van der Waals surface area contributed by atoms with E-state index < -0.39 is 0 Å². The highest BCUT2D eigenvalue weighted by Gasteiger charge is 2.13. The fourth-order valence-corrected chi connectivity index (χ4v) is 1.07. The first-order valence-corrected chi connectivity index (χ1v) is 4.36. The predicted octanol–water partition coefficient (Wildman–Crippen LogP) is 1.08. The maximum atomic E-state index is 11.2. The number of aromatic nitrogens is 2. The van der Waals surface area contributed by atoms with Crippen molar-refractivity contribution in [2.75, 3.05) is 6.61 Å². The third kappa shape index (κ3) is 2.89. The van der Waals surface area contributed by atoms with Gasteiger partial charge in [0.1, 0.15) is 0 Å². The lowest BCUT2D eigenvalue weighted by Crippen LogP contribution is -2.19. The standard InChI is InChI=1S/C9H14N2O2/c1-3-13-9(12)8(2)6-11-5-4-10-7-11/h4-5,7-8H,3,6H2,1-2H3. The van der Waals surface area contributed by atoms with Gasteiger partial charge in [-0.3, -0.25) is 4.79 Å². The van der Waals surface area contributed by atoms with E-state index >= 15 is 0 Å². The van der Waals surface area contributed by atoms with Crippen LogP contribution in [0.2, 0.25) is 0 Å². The van der Waals surface area contributed by atoms with Gasteiger partial charge in [-0.1, -0.05) is 6.92 Å². The first-order chi connectivity index (χ1) is 6.24. The van der Waals surface area contributed by atoms with Crippen LogP contribution in [0.15, 0.2) is 18.7 Å². The molecule has 4 nitrogen and oxygen atoms in total. The first kappa shape index (κ1) is 9.77. The highest BCUT2D eigenvalue weighted by molar-refractivity contribution is 5.71. The van der Waals surface area contributed by atoms with Gasteiger partial charge in [0.05, 0.1) is 18.9 Å². The summed E-state index contributed by atoms with van der Waals surface area (Å²) in [6, 6.07) is 0. The average molecular weight is 182 g/mol. The molecule has 0 aliphatic rings. The Bertz CT molecular complexity index is 257. The Morgan fingerprint density at radius 3 is 3.00 bits per heavy atom. The van der Waals surface area contributed by atoms with Crippen molar-refractivity contribution in [1.82, 2.24) is 9.55 Å². The van der Waals surface area contributed by atoms with Gasteiger partial charge in [-0.05, 0) is 6.92 Å². The molecule has 0 fully saturated rings. The van der Waals surface area contributed by atoms with Crippen LogP contribution >= 0.6 is 0 Å². The molecule has 1 rings (SSSR count). The van der Waals surface area contributed by atoms with Crippen molar-refractivity contribution in [2.24, 2.45) is 5.92 Å². The molecule has 1 heterocycles. The van der Waals surface area contributed by atoms with E-state index in [4.69, 9.17) is 4.74 Å². The van der Waals surface area contributed by atoms with E-state index in [9.17, 15) is 4.79 Å². The zero-order chi connectivity index (χ0) is 9.68. The number of imidazole rings is 1. The minimum atomic E-state index is -0.156. The summed E-state index contributed by atoms with van der Waals surface area (Å²) in [5.41, 5.74) is 0. The molecule has 13 heavy (non-hydrogen) atoms. The second-order valence-corrected chi connectivity index (χ2v) is 2.91. The molecule has 1 unspecified atom stereocenters. The number of hydrogen-bond acceptors (Lipinski definition) is 3. The maximum Gasteiger partial charge on any atom is 0.310 e. The molecule has 0 saturated heterocycles. The van der Waals surface area contributed by atoms with Crippen molar-refractivity contribution in [3.05, 3.63) is 18.7 Å². The van der Waals surface area contributed by atoms with Crippen molar-refractivity contribution in [1.29, 1.82) is 0 Å². The molecule has 0 bridgehead atoms. The summed E-state index contributed by atoms with van der Waals surface area (Å²) in [5, 5.41) is 0. The number of hydrogen-bond donors (Lipinski definition) is 0. The molecular weight excluding hydrogens is 168 g/mol. The molecule has 0 aliphatic carbocycles. The van der Waals surface area contributed by atoms with Crippen LogP contribution in [0.5, 0.6) is 0 Å². The number of nitrogens with zero attached hydrogens (tertiary/aromatic N) is 2. The third-order valence-corrected chi connectivity index (χ3v) is 1.73. The Balaban J connectivity index is 2.41. The van der Waals surface area contributed by atoms with Gasteiger partial charge in [-0.25, -0.2) is 4.98 Å². The van der Waals surface area contributed by atoms with E-state index in [-0.39, 0.29) is 11.9 Å². The van der Waals surface area contributed by atoms with E-state index in [0.29, 0.717) is 13.2 Å². The molecule has 1 aromatic heterocycles. The SMILES string of the molecule is CCOC(=O)C(C)Cn1ccnc1. The molecule has 0 saturated carbocycles. The van der Waals surface area contributed by atoms with Gasteiger partial charge in [0.25, 0.3) is 0 Å². The quantitative estimate of drug-likeness (QED) is 0.654. The van der Waals surface area contributed by atoms with E-state index in [1.165, 1.54) is 0 Å². The Kier molecular flexibility index (Phi) is 3.49. The molecule has 0 radical (unpaired) electrons. The van der Waals surface area contributed by atoms with E-state index in [1.54, 1.807) is 12.5 Å². The van der Waals surface area contributed by atoms with Crippen LogP contribution in [0.4, 0.5) is 0 Å². The van der Waals surface area contributed by atoms with Crippen LogP contribution in [-0.4, -0.2) is 22.1 Å². The Hall–Kier alpha value is -1.32. The molecule has 0 aliphatic heterocycles. The summed E-state index contributed by atoms with van der Waals surface area (Å²) >= 11 is 0. The number of ether oxygens (including phenoxy) is 1. The smallest absolute Gasteiger partial charge is 0.310 e. The minimum Gasteiger partial charge on any atom is -0.466 e. The highest BCUT2D eigenvalue weighted by atomic mass is 16.5. The molecule has 1 aromatic rings. The van der Waals surface area contributed by atoms with Gasteiger partial charge in [-0.2, -0.15) is 0 Å². The Morgan fingerprint density at radius 2 is 2.46 bits per heavy atom. The summed E-state index contributed by atoms with van der Waals surface area (Å²) in [4.78, 5) is 15.1. The van der Waals surface area contributed by atoms with E-state index in [1.807, 2.05) is 24.6 Å². The van der Waals surface area contributed by atoms with Crippen LogP contribution < -0.4 is 0 Å². The molecular formula is C9H14N2O2. The normalized spacial score (nSPS) is 12.5. The van der Waals surface area contributed by atoms with Crippen molar-refractivity contribution in [3.8, 4) is 0 Å². The maximum absolute atomic E-state index is 11.2. The van der Waals surface area contributed by atoms with Gasteiger partial charge < -0.3 is 9.30 Å². The Morgan fingerprint density at radius 1 is 1.69 bits per heavy atom. The fraction of sp³-hybridized carbons (Fsp3) is 0.556. The summed E-state index contributed by atoms with van der Waals surface area (Å²) in [7, 11) is 0. The lowest BCUT2D eigenvalue weighted by Gasteiger charge is -2.10. The van der Waals surface area contributed by atoms with Gasteiger partial charge in [0.2, 0.25) is 0 Å². The van der Waals surface area contributed by atoms with Gasteiger partial charge >= 0.3 is 5.97 Å². The molecule has 0 aromatic carbocycles. The second kappa shape index (κ2) is 4.64. The summed E-state index contributed by atoms with van der Waals surface area (Å²) in [6.45, 7) is 4.71. The topological polar surface area (TPSA) is 44.1 Å². The first-order valence-electron chi connectivity index (χ1n) is 4.36. The van der Waals surface area contributed by atoms with Crippen LogP contribution in [-0.2, 0) is 16.1 Å². The Labute approximate surface area is 77.5 Å². The zero-order valence-corrected chi connectivity index (χ0v) is 7.93. The minimum absolute atomic E-state index is 0.117. The lowest BCUT2D eigenvalue weighted by molar-refractivity contribution is -0.147. The average Bonchev–Trinajstić information content (AvgIpc) is 2.57. The second-order valence-electron chi connectivity index (χ2n) is 2.91. The van der Waals surface area contributed by atoms with Crippen molar-refractivity contribution in [2.45, 2.75) is 20.4 Å². The van der Waals surface area contributed by atoms with Crippen molar-refractivity contribution < 1.29 is 9.53 Å². The summed E-state index contributed by atoms with van der Waals surface area (Å²) in [5.74, 6) is -0.273. The molecule has 4 heteroatoms. The summed E-state index contributed by atoms with van der Waals surface area (Å²) < 4.78 is 6.74. The molecule has 72 valence electrons. The molecule has 1 atom stereocenters. The molecule has 0 amide bonds. The number of carbonyl (C=O) groups excluding carboxylic acids is 1. The van der Waals surface area contributed by atoms with Crippen LogP contribution in [0, 0.1) is 5.92 Å². The molecule has 0 N–H and O–H groups in total. The third-order valence-electron chi connectivity index (χ3n) is 1.73. The van der Waals surface area contributed by atoms with Crippen LogP contribution in [0.1, 0.15) is 13.8 Å². The van der Waals surface area contributed by atoms with Gasteiger partial charge in [0, 0.05) is 18.9 Å². The van der Waals surface area contributed by atoms with Crippen molar-refractivity contribution >= 4 is 5.97 Å². The monoisotopic (exact) mass is 182 g/mol. The predicted molar refractivity (Wildman–Crippen MR) is 48.0 cm³/mol. The number of rotatable bonds is 4. The number of esters is 1. The van der Waals surface area contributed by atoms with Gasteiger partial charge in [-0.15, -0.1) is 0 Å². The van der Waals surface area contributed by atoms with Crippen molar-refractivity contribution in [3.63, 3.8) is 0 Å². The van der Waals surface area contributed by atoms with E-state index in [2.05, 4.69) is 4.98 Å². The highest BCUT2D eigenvalue weighted by Crippen LogP contribution is 2.02. The van der Waals surface area contributed by atoms with Crippen LogP contribution in [0.25, 0.3) is 0 Å². The van der Waals surface area contributed by atoms with Crippen LogP contribution in [0.3, 0.4) is 0 Å². The zero-order valence-electron chi connectivity index (χ0n) is 7.93. The largest absolute Gasteiger partial charge is 0.466 e.